The molecule has 1 aliphatic heterocycles. The number of piperazine rings is 1. The molecule has 0 bridgehead atoms. The molecule has 8 heteroatoms. The molecule has 1 aliphatic rings. The third-order valence-corrected chi connectivity index (χ3v) is 5.14. The lowest BCUT2D eigenvalue weighted by molar-refractivity contribution is -0.131. The number of aromatic nitrogens is 1. The molecular formula is C17H19ClN4O2S. The summed E-state index contributed by atoms with van der Waals surface area (Å²) in [7, 11) is 0. The van der Waals surface area contributed by atoms with Gasteiger partial charge in [-0.1, -0.05) is 11.6 Å². The fourth-order valence-corrected chi connectivity index (χ4v) is 3.49. The fraction of sp³-hybridized carbons (Fsp3) is 0.353. The summed E-state index contributed by atoms with van der Waals surface area (Å²) in [4.78, 5) is 32.6. The zero-order valence-electron chi connectivity index (χ0n) is 13.7. The van der Waals surface area contributed by atoms with Crippen molar-refractivity contribution in [3.63, 3.8) is 0 Å². The summed E-state index contributed by atoms with van der Waals surface area (Å²) in [5.74, 6) is -0.131. The molecule has 0 spiro atoms. The van der Waals surface area contributed by atoms with Gasteiger partial charge in [-0.15, -0.1) is 11.3 Å². The Morgan fingerprint density at radius 2 is 1.88 bits per heavy atom. The smallest absolute Gasteiger partial charge is 0.251 e. The maximum atomic E-state index is 12.3. The maximum Gasteiger partial charge on any atom is 0.251 e. The van der Waals surface area contributed by atoms with Crippen LogP contribution in [0, 0.1) is 0 Å². The number of anilines is 1. The second-order valence-electron chi connectivity index (χ2n) is 5.70. The zero-order chi connectivity index (χ0) is 17.6. The van der Waals surface area contributed by atoms with E-state index in [1.54, 1.807) is 41.8 Å². The van der Waals surface area contributed by atoms with Crippen molar-refractivity contribution >= 4 is 39.9 Å². The first kappa shape index (κ1) is 17.7. The highest BCUT2D eigenvalue weighted by molar-refractivity contribution is 7.13. The maximum absolute atomic E-state index is 12.3. The van der Waals surface area contributed by atoms with Gasteiger partial charge in [0, 0.05) is 61.3 Å². The van der Waals surface area contributed by atoms with Crippen LogP contribution in [0.25, 0.3) is 0 Å². The first-order chi connectivity index (χ1) is 12.1. The van der Waals surface area contributed by atoms with Gasteiger partial charge in [-0.3, -0.25) is 9.59 Å². The van der Waals surface area contributed by atoms with Gasteiger partial charge in [0.1, 0.15) is 0 Å². The number of amides is 2. The Morgan fingerprint density at radius 1 is 1.16 bits per heavy atom. The molecule has 2 amide bonds. The van der Waals surface area contributed by atoms with Crippen molar-refractivity contribution in [1.82, 2.24) is 15.2 Å². The van der Waals surface area contributed by atoms with E-state index in [2.05, 4.69) is 15.2 Å². The summed E-state index contributed by atoms with van der Waals surface area (Å²) in [5.41, 5.74) is 0.536. The van der Waals surface area contributed by atoms with Gasteiger partial charge >= 0.3 is 0 Å². The number of rotatable bonds is 5. The van der Waals surface area contributed by atoms with Crippen LogP contribution < -0.4 is 10.2 Å². The number of nitrogens with one attached hydrogen (secondary N) is 1. The molecule has 1 N–H and O–H groups in total. The van der Waals surface area contributed by atoms with Gasteiger partial charge in [0.05, 0.1) is 0 Å². The molecule has 25 heavy (non-hydrogen) atoms. The monoisotopic (exact) mass is 378 g/mol. The minimum atomic E-state index is -0.196. The van der Waals surface area contributed by atoms with Crippen molar-refractivity contribution in [3.8, 4) is 0 Å². The van der Waals surface area contributed by atoms with Gasteiger partial charge in [-0.05, 0) is 24.3 Å². The van der Waals surface area contributed by atoms with Gasteiger partial charge in [0.25, 0.3) is 5.91 Å². The highest BCUT2D eigenvalue weighted by Crippen LogP contribution is 2.19. The van der Waals surface area contributed by atoms with Crippen LogP contribution in [0.2, 0.25) is 5.02 Å². The predicted octanol–water partition coefficient (Wildman–Crippen LogP) is 2.27. The molecular weight excluding hydrogens is 360 g/mol. The lowest BCUT2D eigenvalue weighted by Crippen LogP contribution is -2.49. The van der Waals surface area contributed by atoms with Gasteiger partial charge in [0.15, 0.2) is 5.13 Å². The molecule has 132 valence electrons. The van der Waals surface area contributed by atoms with Crippen molar-refractivity contribution in [2.45, 2.75) is 6.42 Å². The fourth-order valence-electron chi connectivity index (χ4n) is 2.66. The van der Waals surface area contributed by atoms with Gasteiger partial charge in [-0.2, -0.15) is 0 Å². The Balaban J connectivity index is 1.39. The Labute approximate surface area is 155 Å². The molecule has 0 saturated carbocycles. The third-order valence-electron chi connectivity index (χ3n) is 4.05. The normalized spacial score (nSPS) is 14.4. The Morgan fingerprint density at radius 3 is 2.52 bits per heavy atom. The number of benzene rings is 1. The van der Waals surface area contributed by atoms with Crippen LogP contribution in [0.4, 0.5) is 5.13 Å². The lowest BCUT2D eigenvalue weighted by atomic mass is 10.2. The molecule has 3 rings (SSSR count). The molecule has 0 atom stereocenters. The van der Waals surface area contributed by atoms with Gasteiger partial charge < -0.3 is 15.1 Å². The van der Waals surface area contributed by atoms with E-state index in [0.29, 0.717) is 36.6 Å². The number of carbonyl (C=O) groups excluding carboxylic acids is 2. The average molecular weight is 379 g/mol. The van der Waals surface area contributed by atoms with Crippen molar-refractivity contribution in [1.29, 1.82) is 0 Å². The molecule has 0 aliphatic carbocycles. The van der Waals surface area contributed by atoms with E-state index in [1.165, 1.54) is 0 Å². The quantitative estimate of drug-likeness (QED) is 0.866. The van der Waals surface area contributed by atoms with E-state index in [-0.39, 0.29) is 11.8 Å². The summed E-state index contributed by atoms with van der Waals surface area (Å²) >= 11 is 7.41. The van der Waals surface area contributed by atoms with Crippen LogP contribution >= 0.6 is 22.9 Å². The number of nitrogens with zero attached hydrogens (tertiary/aromatic N) is 3. The SMILES string of the molecule is O=C(NCCC(=O)N1CCN(c2nccs2)CC1)c1ccc(Cl)cc1. The van der Waals surface area contributed by atoms with E-state index >= 15 is 0 Å². The third kappa shape index (κ3) is 4.70. The summed E-state index contributed by atoms with van der Waals surface area (Å²) in [6.07, 6.45) is 2.09. The number of halogens is 1. The minimum absolute atomic E-state index is 0.0650. The van der Waals surface area contributed by atoms with Crippen LogP contribution in [-0.4, -0.2) is 54.4 Å². The Hall–Kier alpha value is -2.12. The molecule has 2 aromatic rings. The highest BCUT2D eigenvalue weighted by atomic mass is 35.5. The van der Waals surface area contributed by atoms with E-state index in [0.717, 1.165) is 18.2 Å². The minimum Gasteiger partial charge on any atom is -0.352 e. The molecule has 1 saturated heterocycles. The standard InChI is InChI=1S/C17H19ClN4O2S/c18-14-3-1-13(2-4-14)16(24)19-6-5-15(23)21-8-10-22(11-9-21)17-20-7-12-25-17/h1-4,7,12H,5-6,8-11H2,(H,19,24). The Kier molecular flexibility index (Phi) is 5.88. The first-order valence-electron chi connectivity index (χ1n) is 8.09. The molecule has 1 fully saturated rings. The lowest BCUT2D eigenvalue weighted by Gasteiger charge is -2.34. The number of hydrogen-bond acceptors (Lipinski definition) is 5. The predicted molar refractivity (Wildman–Crippen MR) is 99.3 cm³/mol. The molecule has 0 unspecified atom stereocenters. The van der Waals surface area contributed by atoms with Crippen molar-refractivity contribution in [3.05, 3.63) is 46.4 Å². The van der Waals surface area contributed by atoms with E-state index < -0.39 is 0 Å². The van der Waals surface area contributed by atoms with Crippen LogP contribution in [0.3, 0.4) is 0 Å². The summed E-state index contributed by atoms with van der Waals surface area (Å²) in [5, 5.41) is 6.31. The topological polar surface area (TPSA) is 65.5 Å². The average Bonchev–Trinajstić information content (AvgIpc) is 3.17. The zero-order valence-corrected chi connectivity index (χ0v) is 15.2. The summed E-state index contributed by atoms with van der Waals surface area (Å²) in [6, 6.07) is 6.67. The number of hydrogen-bond donors (Lipinski definition) is 1. The number of carbonyl (C=O) groups is 2. The second kappa shape index (κ2) is 8.31. The van der Waals surface area contributed by atoms with E-state index in [9.17, 15) is 9.59 Å². The largest absolute Gasteiger partial charge is 0.352 e. The molecule has 1 aromatic heterocycles. The first-order valence-corrected chi connectivity index (χ1v) is 9.35. The van der Waals surface area contributed by atoms with Crippen LogP contribution in [-0.2, 0) is 4.79 Å². The van der Waals surface area contributed by atoms with Crippen molar-refractivity contribution < 1.29 is 9.59 Å². The molecule has 1 aromatic carbocycles. The molecule has 6 nitrogen and oxygen atoms in total. The van der Waals surface area contributed by atoms with Crippen LogP contribution in [0.1, 0.15) is 16.8 Å². The highest BCUT2D eigenvalue weighted by Gasteiger charge is 2.22. The molecule has 2 heterocycles. The van der Waals surface area contributed by atoms with Crippen molar-refractivity contribution in [2.75, 3.05) is 37.6 Å². The number of thiazole rings is 1. The van der Waals surface area contributed by atoms with Gasteiger partial charge in [-0.25, -0.2) is 4.98 Å². The second-order valence-corrected chi connectivity index (χ2v) is 7.00. The summed E-state index contributed by atoms with van der Waals surface area (Å²) in [6.45, 7) is 3.27. The summed E-state index contributed by atoms with van der Waals surface area (Å²) < 4.78 is 0. The van der Waals surface area contributed by atoms with E-state index in [4.69, 9.17) is 11.6 Å². The van der Waals surface area contributed by atoms with Crippen LogP contribution in [0.15, 0.2) is 35.8 Å². The molecule has 0 radical (unpaired) electrons. The van der Waals surface area contributed by atoms with E-state index in [1.807, 2.05) is 10.3 Å². The van der Waals surface area contributed by atoms with Crippen molar-refractivity contribution in [2.24, 2.45) is 0 Å². The van der Waals surface area contributed by atoms with Crippen LogP contribution in [0.5, 0.6) is 0 Å². The van der Waals surface area contributed by atoms with Gasteiger partial charge in [0.2, 0.25) is 5.91 Å². The Bertz CT molecular complexity index is 713.